The topological polar surface area (TPSA) is 111 Å². The second-order valence-corrected chi connectivity index (χ2v) is 5.51. The third-order valence-corrected chi connectivity index (χ3v) is 3.63. The summed E-state index contributed by atoms with van der Waals surface area (Å²) in [6, 6.07) is 9.45. The molecule has 1 fully saturated rings. The number of carbonyl (C=O) groups excluding carboxylic acids is 3. The van der Waals surface area contributed by atoms with Crippen LogP contribution in [0.2, 0.25) is 0 Å². The van der Waals surface area contributed by atoms with Crippen LogP contribution in [0, 0.1) is 12.8 Å². The van der Waals surface area contributed by atoms with Crippen molar-refractivity contribution in [3.8, 4) is 0 Å². The Hall–Kier alpha value is -2.41. The molecule has 2 unspecified atom stereocenters. The Morgan fingerprint density at radius 1 is 1.31 bits per heavy atom. The van der Waals surface area contributed by atoms with E-state index in [2.05, 4.69) is 34.4 Å². The normalized spacial score (nSPS) is 16.0. The lowest BCUT2D eigenvalue weighted by Crippen LogP contribution is -2.45. The maximum atomic E-state index is 11.4. The number of hydrogen-bond acceptors (Lipinski definition) is 5. The van der Waals surface area contributed by atoms with E-state index in [1.807, 2.05) is 32.0 Å². The van der Waals surface area contributed by atoms with E-state index in [1.54, 1.807) is 0 Å². The average molecular weight is 365 g/mol. The van der Waals surface area contributed by atoms with Crippen molar-refractivity contribution in [1.29, 1.82) is 0 Å². The first-order valence-electron chi connectivity index (χ1n) is 8.84. The van der Waals surface area contributed by atoms with E-state index in [0.717, 1.165) is 0 Å². The third-order valence-electron chi connectivity index (χ3n) is 3.63. The van der Waals surface area contributed by atoms with E-state index >= 15 is 0 Å². The maximum absolute atomic E-state index is 11.4. The van der Waals surface area contributed by atoms with Gasteiger partial charge in [-0.05, 0) is 19.8 Å². The summed E-state index contributed by atoms with van der Waals surface area (Å²) in [5.41, 5.74) is 6.48. The molecular formula is C19H31N3O4. The van der Waals surface area contributed by atoms with Crippen LogP contribution in [0.1, 0.15) is 32.3 Å². The zero-order chi connectivity index (χ0) is 19.9. The molecule has 1 saturated heterocycles. The number of carbonyl (C=O) groups is 3. The van der Waals surface area contributed by atoms with Gasteiger partial charge in [0.25, 0.3) is 0 Å². The molecule has 146 valence electrons. The molecule has 7 heteroatoms. The first-order valence-corrected chi connectivity index (χ1v) is 8.84. The van der Waals surface area contributed by atoms with Crippen molar-refractivity contribution < 1.29 is 19.1 Å². The number of nitrogens with two attached hydrogens (primary N) is 1. The fourth-order valence-corrected chi connectivity index (χ4v) is 2.30. The molecule has 7 nitrogen and oxygen atoms in total. The quantitative estimate of drug-likeness (QED) is 0.678. The Bertz CT molecular complexity index is 549. The lowest BCUT2D eigenvalue weighted by molar-refractivity contribution is -0.145. The molecule has 1 aromatic carbocycles. The number of rotatable bonds is 5. The van der Waals surface area contributed by atoms with Gasteiger partial charge in [0.2, 0.25) is 11.8 Å². The molecule has 0 aliphatic carbocycles. The summed E-state index contributed by atoms with van der Waals surface area (Å²) in [6.07, 6.45) is 0.898. The molecule has 0 bridgehead atoms. The molecule has 0 spiro atoms. The molecule has 1 aromatic rings. The standard InChI is InChI=1S/C10H17N3O4.C7H8.C2H6/c1-17-10(16)7(13-8(14)5-11)4-6-2-3-12-9(6)15;1-7-5-3-2-4-6-7;1-2/h6-7H,2-5,11H2,1H3,(H,12,15)(H,13,14);2-6H,1H3;1-2H3. The Labute approximate surface area is 155 Å². The summed E-state index contributed by atoms with van der Waals surface area (Å²) in [6.45, 7) is 6.48. The zero-order valence-corrected chi connectivity index (χ0v) is 16.1. The van der Waals surface area contributed by atoms with Crippen molar-refractivity contribution in [2.24, 2.45) is 11.7 Å². The first kappa shape index (κ1) is 23.6. The Morgan fingerprint density at radius 3 is 2.31 bits per heavy atom. The van der Waals surface area contributed by atoms with Crippen LogP contribution in [0.25, 0.3) is 0 Å². The molecular weight excluding hydrogens is 334 g/mol. The molecule has 2 atom stereocenters. The van der Waals surface area contributed by atoms with Gasteiger partial charge in [-0.15, -0.1) is 0 Å². The van der Waals surface area contributed by atoms with Crippen LogP contribution < -0.4 is 16.4 Å². The maximum Gasteiger partial charge on any atom is 0.328 e. The van der Waals surface area contributed by atoms with E-state index in [4.69, 9.17) is 5.73 Å². The number of amides is 2. The lowest BCUT2D eigenvalue weighted by atomic mass is 9.98. The fraction of sp³-hybridized carbons (Fsp3) is 0.526. The monoisotopic (exact) mass is 365 g/mol. The van der Waals surface area contributed by atoms with Crippen LogP contribution in [0.4, 0.5) is 0 Å². The van der Waals surface area contributed by atoms with E-state index in [-0.39, 0.29) is 24.8 Å². The van der Waals surface area contributed by atoms with Gasteiger partial charge in [-0.1, -0.05) is 49.7 Å². The van der Waals surface area contributed by atoms with Crippen LogP contribution in [0.5, 0.6) is 0 Å². The van der Waals surface area contributed by atoms with E-state index < -0.39 is 17.9 Å². The lowest BCUT2D eigenvalue weighted by Gasteiger charge is -2.18. The molecule has 26 heavy (non-hydrogen) atoms. The Kier molecular flexibility index (Phi) is 12.6. The Balaban J connectivity index is 0.000000575. The number of methoxy groups -OCH3 is 1. The van der Waals surface area contributed by atoms with Crippen molar-refractivity contribution in [3.05, 3.63) is 35.9 Å². The average Bonchev–Trinajstić information content (AvgIpc) is 3.07. The van der Waals surface area contributed by atoms with Crippen LogP contribution in [-0.2, 0) is 19.1 Å². The van der Waals surface area contributed by atoms with Gasteiger partial charge < -0.3 is 21.1 Å². The summed E-state index contributed by atoms with van der Waals surface area (Å²) in [5.74, 6) is -1.37. The summed E-state index contributed by atoms with van der Waals surface area (Å²) in [5, 5.41) is 5.12. The predicted octanol–water partition coefficient (Wildman–Crippen LogP) is 1.15. The molecule has 0 radical (unpaired) electrons. The minimum atomic E-state index is -0.815. The SMILES string of the molecule is CC.COC(=O)C(CC1CCNC1=O)NC(=O)CN.Cc1ccccc1. The molecule has 2 amide bonds. The molecule has 4 N–H and O–H groups in total. The summed E-state index contributed by atoms with van der Waals surface area (Å²) < 4.78 is 4.58. The van der Waals surface area contributed by atoms with Gasteiger partial charge in [-0.25, -0.2) is 4.79 Å². The van der Waals surface area contributed by atoms with Gasteiger partial charge in [0.1, 0.15) is 6.04 Å². The number of benzene rings is 1. The minimum Gasteiger partial charge on any atom is -0.467 e. The van der Waals surface area contributed by atoms with E-state index in [1.165, 1.54) is 12.7 Å². The van der Waals surface area contributed by atoms with Crippen molar-refractivity contribution in [3.63, 3.8) is 0 Å². The molecule has 1 heterocycles. The second-order valence-electron chi connectivity index (χ2n) is 5.51. The number of aryl methyl sites for hydroxylation is 1. The summed E-state index contributed by atoms with van der Waals surface area (Å²) in [7, 11) is 1.23. The molecule has 1 aliphatic rings. The van der Waals surface area contributed by atoms with Crippen molar-refractivity contribution in [2.75, 3.05) is 20.2 Å². The van der Waals surface area contributed by atoms with Crippen molar-refractivity contribution >= 4 is 17.8 Å². The van der Waals surface area contributed by atoms with Crippen molar-refractivity contribution in [1.82, 2.24) is 10.6 Å². The number of ether oxygens (including phenoxy) is 1. The van der Waals surface area contributed by atoms with Crippen LogP contribution >= 0.6 is 0 Å². The molecule has 0 saturated carbocycles. The number of nitrogens with one attached hydrogen (secondary N) is 2. The Morgan fingerprint density at radius 2 is 1.92 bits per heavy atom. The van der Waals surface area contributed by atoms with Crippen LogP contribution in [0.15, 0.2) is 30.3 Å². The van der Waals surface area contributed by atoms with Crippen LogP contribution in [-0.4, -0.2) is 44.0 Å². The van der Waals surface area contributed by atoms with Crippen molar-refractivity contribution in [2.45, 2.75) is 39.7 Å². The van der Waals surface area contributed by atoms with Gasteiger partial charge >= 0.3 is 5.97 Å². The summed E-state index contributed by atoms with van der Waals surface area (Å²) >= 11 is 0. The summed E-state index contributed by atoms with van der Waals surface area (Å²) in [4.78, 5) is 34.0. The van der Waals surface area contributed by atoms with Gasteiger partial charge in [-0.3, -0.25) is 9.59 Å². The highest BCUT2D eigenvalue weighted by Gasteiger charge is 2.31. The van der Waals surface area contributed by atoms with Gasteiger partial charge in [0.05, 0.1) is 13.7 Å². The predicted molar refractivity (Wildman–Crippen MR) is 101 cm³/mol. The smallest absolute Gasteiger partial charge is 0.328 e. The minimum absolute atomic E-state index is 0.0964. The van der Waals surface area contributed by atoms with E-state index in [0.29, 0.717) is 13.0 Å². The van der Waals surface area contributed by atoms with Gasteiger partial charge in [0, 0.05) is 12.5 Å². The van der Waals surface area contributed by atoms with E-state index in [9.17, 15) is 14.4 Å². The second kappa shape index (κ2) is 13.8. The molecule has 1 aliphatic heterocycles. The third kappa shape index (κ3) is 9.17. The highest BCUT2D eigenvalue weighted by molar-refractivity contribution is 5.86. The zero-order valence-electron chi connectivity index (χ0n) is 16.1. The molecule has 0 aromatic heterocycles. The number of hydrogen-bond donors (Lipinski definition) is 3. The van der Waals surface area contributed by atoms with Gasteiger partial charge in [-0.2, -0.15) is 0 Å². The fourth-order valence-electron chi connectivity index (χ4n) is 2.30. The van der Waals surface area contributed by atoms with Crippen LogP contribution in [0.3, 0.4) is 0 Å². The van der Waals surface area contributed by atoms with Gasteiger partial charge in [0.15, 0.2) is 0 Å². The number of esters is 1. The first-order chi connectivity index (χ1) is 12.5. The highest BCUT2D eigenvalue weighted by atomic mass is 16.5. The largest absolute Gasteiger partial charge is 0.467 e. The highest BCUT2D eigenvalue weighted by Crippen LogP contribution is 2.16. The molecule has 2 rings (SSSR count).